The molecule has 0 fully saturated rings. The first-order valence-corrected chi connectivity index (χ1v) is 8.27. The number of hydrogen-bond acceptors (Lipinski definition) is 4. The highest BCUT2D eigenvalue weighted by atomic mass is 32.1. The van der Waals surface area contributed by atoms with Crippen LogP contribution in [0.3, 0.4) is 0 Å². The number of aromatic amines is 1. The van der Waals surface area contributed by atoms with E-state index in [1.165, 1.54) is 11.3 Å². The standard InChI is InChI=1S/C17H16N4O2S/c22-15(11-13-7-4-10-24-13)20-16(12-5-2-1-3-6-12)17(23)19-14-8-9-18-21-14/h1-10,16H,11H2,(H,20,22)(H2,18,19,21,23). The van der Waals surface area contributed by atoms with Crippen LogP contribution in [-0.4, -0.2) is 22.0 Å². The van der Waals surface area contributed by atoms with E-state index in [4.69, 9.17) is 0 Å². The van der Waals surface area contributed by atoms with Crippen molar-refractivity contribution in [2.75, 3.05) is 5.32 Å². The van der Waals surface area contributed by atoms with E-state index in [0.29, 0.717) is 11.4 Å². The van der Waals surface area contributed by atoms with Crippen LogP contribution in [0.1, 0.15) is 16.5 Å². The summed E-state index contributed by atoms with van der Waals surface area (Å²) in [5.41, 5.74) is 0.717. The number of nitrogens with one attached hydrogen (secondary N) is 3. The number of hydrogen-bond donors (Lipinski definition) is 3. The fourth-order valence-corrected chi connectivity index (χ4v) is 2.96. The van der Waals surface area contributed by atoms with Crippen molar-refractivity contribution >= 4 is 29.0 Å². The van der Waals surface area contributed by atoms with Gasteiger partial charge in [-0.1, -0.05) is 36.4 Å². The van der Waals surface area contributed by atoms with Gasteiger partial charge in [-0.25, -0.2) is 0 Å². The van der Waals surface area contributed by atoms with Crippen molar-refractivity contribution in [3.8, 4) is 0 Å². The van der Waals surface area contributed by atoms with Gasteiger partial charge in [0.1, 0.15) is 11.9 Å². The monoisotopic (exact) mass is 340 g/mol. The molecule has 0 aliphatic rings. The molecule has 24 heavy (non-hydrogen) atoms. The third-order valence-electron chi connectivity index (χ3n) is 3.37. The van der Waals surface area contributed by atoms with Crippen LogP contribution in [0.4, 0.5) is 5.82 Å². The van der Waals surface area contributed by atoms with Gasteiger partial charge < -0.3 is 10.6 Å². The zero-order chi connectivity index (χ0) is 16.8. The first-order valence-electron chi connectivity index (χ1n) is 7.39. The molecule has 7 heteroatoms. The van der Waals surface area contributed by atoms with Crippen molar-refractivity contribution in [1.29, 1.82) is 0 Å². The van der Waals surface area contributed by atoms with Crippen molar-refractivity contribution in [3.05, 3.63) is 70.5 Å². The van der Waals surface area contributed by atoms with E-state index in [9.17, 15) is 9.59 Å². The molecule has 1 aromatic carbocycles. The maximum Gasteiger partial charge on any atom is 0.252 e. The largest absolute Gasteiger partial charge is 0.340 e. The summed E-state index contributed by atoms with van der Waals surface area (Å²) in [5, 5.41) is 13.9. The van der Waals surface area contributed by atoms with Crippen molar-refractivity contribution in [2.24, 2.45) is 0 Å². The zero-order valence-electron chi connectivity index (χ0n) is 12.7. The number of thiophene rings is 1. The molecule has 6 nitrogen and oxygen atoms in total. The van der Waals surface area contributed by atoms with Gasteiger partial charge in [0.05, 0.1) is 12.6 Å². The van der Waals surface area contributed by atoms with E-state index in [1.54, 1.807) is 12.3 Å². The molecule has 2 heterocycles. The third-order valence-corrected chi connectivity index (χ3v) is 4.25. The number of H-pyrrole nitrogens is 1. The summed E-state index contributed by atoms with van der Waals surface area (Å²) in [6, 6.07) is 13.8. The van der Waals surface area contributed by atoms with E-state index in [2.05, 4.69) is 20.8 Å². The maximum atomic E-state index is 12.6. The molecule has 2 amide bonds. The van der Waals surface area contributed by atoms with Gasteiger partial charge in [0.2, 0.25) is 5.91 Å². The van der Waals surface area contributed by atoms with Crippen LogP contribution < -0.4 is 10.6 Å². The summed E-state index contributed by atoms with van der Waals surface area (Å²) in [6.07, 6.45) is 1.79. The van der Waals surface area contributed by atoms with Crippen LogP contribution in [0.2, 0.25) is 0 Å². The Bertz CT molecular complexity index is 785. The Hall–Kier alpha value is -2.93. The van der Waals surface area contributed by atoms with Crippen LogP contribution in [0.5, 0.6) is 0 Å². The molecule has 1 unspecified atom stereocenters. The highest BCUT2D eigenvalue weighted by molar-refractivity contribution is 7.10. The van der Waals surface area contributed by atoms with E-state index in [1.807, 2.05) is 47.8 Å². The van der Waals surface area contributed by atoms with Gasteiger partial charge in [-0.05, 0) is 17.0 Å². The van der Waals surface area contributed by atoms with Gasteiger partial charge in [0, 0.05) is 10.9 Å². The van der Waals surface area contributed by atoms with Crippen LogP contribution in [0, 0.1) is 0 Å². The molecule has 0 saturated heterocycles. The van der Waals surface area contributed by atoms with Crippen LogP contribution in [-0.2, 0) is 16.0 Å². The van der Waals surface area contributed by atoms with Gasteiger partial charge in [0.15, 0.2) is 0 Å². The summed E-state index contributed by atoms with van der Waals surface area (Å²) in [7, 11) is 0. The molecule has 0 aliphatic heterocycles. The van der Waals surface area contributed by atoms with Crippen LogP contribution in [0.25, 0.3) is 0 Å². The maximum absolute atomic E-state index is 12.6. The number of carbonyl (C=O) groups excluding carboxylic acids is 2. The lowest BCUT2D eigenvalue weighted by molar-refractivity contribution is -0.126. The second kappa shape index (κ2) is 7.56. The molecule has 0 spiro atoms. The normalized spacial score (nSPS) is 11.7. The molecule has 0 bridgehead atoms. The topological polar surface area (TPSA) is 86.9 Å². The van der Waals surface area contributed by atoms with Crippen LogP contribution >= 0.6 is 11.3 Å². The molecular weight excluding hydrogens is 324 g/mol. The molecular formula is C17H16N4O2S. The number of rotatable bonds is 6. The van der Waals surface area contributed by atoms with Gasteiger partial charge in [0.25, 0.3) is 5.91 Å². The Morgan fingerprint density at radius 1 is 1.12 bits per heavy atom. The van der Waals surface area contributed by atoms with Gasteiger partial charge in [-0.15, -0.1) is 11.3 Å². The quantitative estimate of drug-likeness (QED) is 0.644. The minimum Gasteiger partial charge on any atom is -0.340 e. The molecule has 122 valence electrons. The fraction of sp³-hybridized carbons (Fsp3) is 0.118. The molecule has 2 aromatic heterocycles. The summed E-state index contributed by atoms with van der Waals surface area (Å²) in [6.45, 7) is 0. The highest BCUT2D eigenvalue weighted by Gasteiger charge is 2.23. The molecule has 0 saturated carbocycles. The average Bonchev–Trinajstić information content (AvgIpc) is 3.27. The lowest BCUT2D eigenvalue weighted by Gasteiger charge is -2.18. The molecule has 0 aliphatic carbocycles. The SMILES string of the molecule is O=C(Cc1cccs1)NC(C(=O)Nc1ccn[nH]1)c1ccccc1. The van der Waals surface area contributed by atoms with Crippen molar-refractivity contribution < 1.29 is 9.59 Å². The molecule has 3 rings (SSSR count). The first-order chi connectivity index (χ1) is 11.7. The van der Waals surface area contributed by atoms with E-state index in [0.717, 1.165) is 4.88 Å². The Balaban J connectivity index is 1.74. The minimum absolute atomic E-state index is 0.203. The zero-order valence-corrected chi connectivity index (χ0v) is 13.5. The van der Waals surface area contributed by atoms with Gasteiger partial charge in [-0.2, -0.15) is 5.10 Å². The second-order valence-corrected chi connectivity index (χ2v) is 6.16. The lowest BCUT2D eigenvalue weighted by atomic mass is 10.1. The average molecular weight is 340 g/mol. The predicted octanol–water partition coefficient (Wildman–Crippen LogP) is 2.51. The summed E-state index contributed by atoms with van der Waals surface area (Å²) in [5.74, 6) is -0.0514. The second-order valence-electron chi connectivity index (χ2n) is 5.13. The van der Waals surface area contributed by atoms with E-state index < -0.39 is 6.04 Å². The lowest BCUT2D eigenvalue weighted by Crippen LogP contribution is -2.37. The van der Waals surface area contributed by atoms with Gasteiger partial charge >= 0.3 is 0 Å². The van der Waals surface area contributed by atoms with E-state index >= 15 is 0 Å². The predicted molar refractivity (Wildman–Crippen MR) is 92.6 cm³/mol. The van der Waals surface area contributed by atoms with Crippen molar-refractivity contribution in [2.45, 2.75) is 12.5 Å². The van der Waals surface area contributed by atoms with Crippen LogP contribution in [0.15, 0.2) is 60.1 Å². The number of benzene rings is 1. The molecule has 3 N–H and O–H groups in total. The Labute approximate surface area is 142 Å². The number of nitrogens with zero attached hydrogens (tertiary/aromatic N) is 1. The number of anilines is 1. The number of aromatic nitrogens is 2. The number of carbonyl (C=O) groups is 2. The minimum atomic E-state index is -0.776. The summed E-state index contributed by atoms with van der Waals surface area (Å²) in [4.78, 5) is 25.8. The molecule has 0 radical (unpaired) electrons. The molecule has 3 aromatic rings. The van der Waals surface area contributed by atoms with Crippen molar-refractivity contribution in [3.63, 3.8) is 0 Å². The third kappa shape index (κ3) is 4.08. The summed E-state index contributed by atoms with van der Waals surface area (Å²) >= 11 is 1.51. The fourth-order valence-electron chi connectivity index (χ4n) is 2.26. The Morgan fingerprint density at radius 2 is 1.96 bits per heavy atom. The Morgan fingerprint density at radius 3 is 2.62 bits per heavy atom. The highest BCUT2D eigenvalue weighted by Crippen LogP contribution is 2.16. The Kier molecular flexibility index (Phi) is 5.02. The van der Waals surface area contributed by atoms with E-state index in [-0.39, 0.29) is 18.2 Å². The van der Waals surface area contributed by atoms with Gasteiger partial charge in [-0.3, -0.25) is 14.7 Å². The van der Waals surface area contributed by atoms with Crippen molar-refractivity contribution in [1.82, 2.24) is 15.5 Å². The smallest absolute Gasteiger partial charge is 0.252 e. The number of amides is 2. The first kappa shape index (κ1) is 15.9. The summed E-state index contributed by atoms with van der Waals surface area (Å²) < 4.78 is 0. The molecule has 1 atom stereocenters.